The topological polar surface area (TPSA) is 56.7 Å². The summed E-state index contributed by atoms with van der Waals surface area (Å²) in [5.74, 6) is 0.403. The highest BCUT2D eigenvalue weighted by Crippen LogP contribution is 2.30. The highest BCUT2D eigenvalue weighted by Gasteiger charge is 2.30. The molecule has 2 atom stereocenters. The van der Waals surface area contributed by atoms with Crippen molar-refractivity contribution in [3.63, 3.8) is 0 Å². The summed E-state index contributed by atoms with van der Waals surface area (Å²) < 4.78 is 38.3. The van der Waals surface area contributed by atoms with Crippen molar-refractivity contribution in [2.75, 3.05) is 25.0 Å². The number of aliphatic imine (C=N–C) groups is 1. The van der Waals surface area contributed by atoms with E-state index in [2.05, 4.69) is 40.4 Å². The number of piperidine rings is 1. The number of hydrogen-bond acceptors (Lipinski definition) is 4. The van der Waals surface area contributed by atoms with Crippen LogP contribution in [0.15, 0.2) is 41.5 Å². The number of benzene rings is 1. The van der Waals surface area contributed by atoms with Crippen LogP contribution >= 0.6 is 0 Å². The second-order valence-corrected chi connectivity index (χ2v) is 8.94. The van der Waals surface area contributed by atoms with Crippen molar-refractivity contribution in [1.29, 1.82) is 0 Å². The Kier molecular flexibility index (Phi) is 8.34. The molecule has 8 heteroatoms. The van der Waals surface area contributed by atoms with Gasteiger partial charge in [0.05, 0.1) is 5.56 Å². The number of halogens is 3. The fourth-order valence-corrected chi connectivity index (χ4v) is 4.26. The van der Waals surface area contributed by atoms with Crippen molar-refractivity contribution in [3.05, 3.63) is 42.1 Å². The third-order valence-corrected chi connectivity index (χ3v) is 6.34. The van der Waals surface area contributed by atoms with Crippen LogP contribution in [0.5, 0.6) is 0 Å². The van der Waals surface area contributed by atoms with Gasteiger partial charge < -0.3 is 10.6 Å². The maximum Gasteiger partial charge on any atom is 0.416 e. The molecule has 1 fully saturated rings. The monoisotopic (exact) mass is 450 g/mol. The molecule has 1 aromatic carbocycles. The van der Waals surface area contributed by atoms with Crippen LogP contribution in [-0.4, -0.2) is 48.7 Å². The van der Waals surface area contributed by atoms with Gasteiger partial charge in [-0.15, -0.1) is 0 Å². The molecule has 2 aliphatic rings. The van der Waals surface area contributed by atoms with Crippen LogP contribution in [0.4, 0.5) is 18.9 Å². The van der Waals surface area contributed by atoms with E-state index in [9.17, 15) is 18.0 Å². The first kappa shape index (κ1) is 24.3. The molecule has 5 nitrogen and oxygen atoms in total. The highest BCUT2D eigenvalue weighted by molar-refractivity contribution is 5.78. The number of rotatable bonds is 8. The van der Waals surface area contributed by atoms with E-state index < -0.39 is 11.7 Å². The number of anilines is 1. The summed E-state index contributed by atoms with van der Waals surface area (Å²) in [7, 11) is 0. The Bertz CT molecular complexity index is 796. The average molecular weight is 451 g/mol. The van der Waals surface area contributed by atoms with Crippen molar-refractivity contribution in [2.45, 2.75) is 57.8 Å². The number of alkyl halides is 3. The summed E-state index contributed by atoms with van der Waals surface area (Å²) in [5.41, 5.74) is -0.00713. The Hall–Kier alpha value is -2.35. The molecular weight excluding hydrogens is 417 g/mol. The van der Waals surface area contributed by atoms with Crippen LogP contribution < -0.4 is 10.6 Å². The van der Waals surface area contributed by atoms with Gasteiger partial charge in [-0.3, -0.25) is 14.7 Å². The first-order valence-electron chi connectivity index (χ1n) is 11.4. The lowest BCUT2D eigenvalue weighted by Crippen LogP contribution is -2.45. The number of likely N-dealkylation sites (tertiary alicyclic amines) is 1. The van der Waals surface area contributed by atoms with Crippen LogP contribution in [0.1, 0.15) is 45.1 Å². The fourth-order valence-electron chi connectivity index (χ4n) is 4.26. The lowest BCUT2D eigenvalue weighted by atomic mass is 9.94. The minimum Gasteiger partial charge on any atom is -0.382 e. The third-order valence-electron chi connectivity index (χ3n) is 6.34. The SMILES string of the molecule is CC(C)[C@H](CCNC(=O)C1CCN(C2C=CN=CC2)CC1)Nc1ccc(C(F)(F)F)cc1. The Balaban J connectivity index is 1.42. The molecule has 3 rings (SSSR count). The van der Waals surface area contributed by atoms with Crippen LogP contribution in [-0.2, 0) is 11.0 Å². The minimum absolute atomic E-state index is 0.0351. The average Bonchev–Trinajstić information content (AvgIpc) is 2.78. The number of carbonyl (C=O) groups excluding carboxylic acids is 1. The third kappa shape index (κ3) is 6.82. The zero-order chi connectivity index (χ0) is 23.1. The molecule has 0 aliphatic carbocycles. The van der Waals surface area contributed by atoms with Gasteiger partial charge in [-0.2, -0.15) is 13.2 Å². The Morgan fingerprint density at radius 1 is 1.19 bits per heavy atom. The summed E-state index contributed by atoms with van der Waals surface area (Å²) in [6.45, 7) is 6.47. The number of carbonyl (C=O) groups is 1. The number of hydrogen-bond donors (Lipinski definition) is 2. The van der Waals surface area contributed by atoms with E-state index in [1.165, 1.54) is 12.1 Å². The molecule has 0 saturated carbocycles. The molecule has 1 amide bonds. The Labute approximate surface area is 188 Å². The van der Waals surface area contributed by atoms with Crippen LogP contribution in [0.3, 0.4) is 0 Å². The number of nitrogens with one attached hydrogen (secondary N) is 2. The van der Waals surface area contributed by atoms with Crippen molar-refractivity contribution < 1.29 is 18.0 Å². The van der Waals surface area contributed by atoms with Gasteiger partial charge in [0, 0.05) is 49.1 Å². The molecule has 1 aromatic rings. The lowest BCUT2D eigenvalue weighted by molar-refractivity contribution is -0.137. The molecule has 1 saturated heterocycles. The Morgan fingerprint density at radius 3 is 2.44 bits per heavy atom. The van der Waals surface area contributed by atoms with Crippen LogP contribution in [0, 0.1) is 11.8 Å². The molecule has 32 heavy (non-hydrogen) atoms. The quantitative estimate of drug-likeness (QED) is 0.603. The largest absolute Gasteiger partial charge is 0.416 e. The van der Waals surface area contributed by atoms with Gasteiger partial charge in [0.2, 0.25) is 5.91 Å². The Morgan fingerprint density at radius 2 is 1.88 bits per heavy atom. The number of amides is 1. The molecule has 1 unspecified atom stereocenters. The van der Waals surface area contributed by atoms with E-state index in [-0.39, 0.29) is 23.8 Å². The smallest absolute Gasteiger partial charge is 0.382 e. The molecule has 0 spiro atoms. The zero-order valence-electron chi connectivity index (χ0n) is 18.7. The predicted octanol–water partition coefficient (Wildman–Crippen LogP) is 4.72. The highest BCUT2D eigenvalue weighted by atomic mass is 19.4. The van der Waals surface area contributed by atoms with Gasteiger partial charge in [0.15, 0.2) is 0 Å². The molecule has 2 heterocycles. The summed E-state index contributed by atoms with van der Waals surface area (Å²) in [4.78, 5) is 19.2. The molecule has 2 N–H and O–H groups in total. The second kappa shape index (κ2) is 11.0. The van der Waals surface area contributed by atoms with E-state index in [0.29, 0.717) is 24.7 Å². The minimum atomic E-state index is -4.34. The van der Waals surface area contributed by atoms with Crippen LogP contribution in [0.25, 0.3) is 0 Å². The first-order valence-corrected chi connectivity index (χ1v) is 11.4. The van der Waals surface area contributed by atoms with E-state index >= 15 is 0 Å². The summed E-state index contributed by atoms with van der Waals surface area (Å²) in [6, 6.07) is 5.52. The van der Waals surface area contributed by atoms with Gasteiger partial charge >= 0.3 is 6.18 Å². The van der Waals surface area contributed by atoms with E-state index in [1.54, 1.807) is 0 Å². The van der Waals surface area contributed by atoms with Crippen molar-refractivity contribution >= 4 is 17.8 Å². The summed E-state index contributed by atoms with van der Waals surface area (Å²) in [5, 5.41) is 6.38. The van der Waals surface area contributed by atoms with Gasteiger partial charge in [0.25, 0.3) is 0 Å². The van der Waals surface area contributed by atoms with Gasteiger partial charge in [-0.1, -0.05) is 13.8 Å². The van der Waals surface area contributed by atoms with Crippen molar-refractivity contribution in [2.24, 2.45) is 16.8 Å². The molecule has 0 radical (unpaired) electrons. The van der Waals surface area contributed by atoms with Crippen molar-refractivity contribution in [3.8, 4) is 0 Å². The van der Waals surface area contributed by atoms with Gasteiger partial charge in [0.1, 0.15) is 0 Å². The maximum atomic E-state index is 12.8. The number of nitrogens with zero attached hydrogens (tertiary/aromatic N) is 2. The van der Waals surface area contributed by atoms with Gasteiger partial charge in [-0.05, 0) is 68.6 Å². The van der Waals surface area contributed by atoms with Crippen molar-refractivity contribution in [1.82, 2.24) is 10.2 Å². The lowest BCUT2D eigenvalue weighted by Gasteiger charge is -2.36. The molecular formula is C24H33F3N4O. The molecule has 0 bridgehead atoms. The standard InChI is InChI=1S/C24H33F3N4O/c1-17(2)22(30-20-5-3-19(4-6-20)24(25,26)27)9-14-29-23(32)18-10-15-31(16-11-18)21-7-12-28-13-8-21/h3-7,12-13,17-18,21-22,30H,8-11,14-16H2,1-2H3,(H,29,32)/t21?,22-/m0/s1. The summed E-state index contributed by atoms with van der Waals surface area (Å²) in [6.07, 6.45) is 4.90. The molecule has 176 valence electrons. The zero-order valence-corrected chi connectivity index (χ0v) is 18.7. The van der Waals surface area contributed by atoms with E-state index in [0.717, 1.165) is 44.5 Å². The van der Waals surface area contributed by atoms with Gasteiger partial charge in [-0.25, -0.2) is 0 Å². The maximum absolute atomic E-state index is 12.8. The fraction of sp³-hybridized carbons (Fsp3) is 0.583. The normalized spacial score (nSPS) is 21.0. The first-order chi connectivity index (χ1) is 15.2. The molecule has 2 aliphatic heterocycles. The van der Waals surface area contributed by atoms with Crippen LogP contribution in [0.2, 0.25) is 0 Å². The second-order valence-electron chi connectivity index (χ2n) is 8.94. The molecule has 0 aromatic heterocycles. The van der Waals surface area contributed by atoms with E-state index in [1.807, 2.05) is 12.4 Å². The predicted molar refractivity (Wildman–Crippen MR) is 122 cm³/mol. The van der Waals surface area contributed by atoms with E-state index in [4.69, 9.17) is 0 Å². The summed E-state index contributed by atoms with van der Waals surface area (Å²) >= 11 is 0.